The van der Waals surface area contributed by atoms with Crippen LogP contribution in [0.2, 0.25) is 19.6 Å². The molecule has 3 aromatic rings. The van der Waals surface area contributed by atoms with Crippen molar-refractivity contribution >= 4 is 25.2 Å². The van der Waals surface area contributed by atoms with Gasteiger partial charge in [0.1, 0.15) is 19.5 Å². The van der Waals surface area contributed by atoms with Crippen molar-refractivity contribution in [2.75, 3.05) is 0 Å². The Morgan fingerprint density at radius 2 is 1.87 bits per heavy atom. The van der Waals surface area contributed by atoms with Gasteiger partial charge < -0.3 is 15.0 Å². The number of nitrogens with one attached hydrogen (secondary N) is 2. The van der Waals surface area contributed by atoms with E-state index < -0.39 is 19.8 Å². The van der Waals surface area contributed by atoms with Crippen LogP contribution in [-0.2, 0) is 11.2 Å². The van der Waals surface area contributed by atoms with Crippen molar-refractivity contribution in [2.45, 2.75) is 58.5 Å². The highest BCUT2D eigenvalue weighted by Gasteiger charge is 2.23. The molecule has 0 bridgehead atoms. The summed E-state index contributed by atoms with van der Waals surface area (Å²) in [4.78, 5) is 20.6. The van der Waals surface area contributed by atoms with Crippen LogP contribution in [0.1, 0.15) is 43.8 Å². The number of ether oxygens (including phenoxy) is 1. The van der Waals surface area contributed by atoms with Gasteiger partial charge in [0.15, 0.2) is 0 Å². The van der Waals surface area contributed by atoms with Gasteiger partial charge in [-0.3, -0.25) is 0 Å². The number of amides is 1. The number of hydrogen-bond acceptors (Lipinski definition) is 3. The summed E-state index contributed by atoms with van der Waals surface area (Å²) in [5.74, 6) is 3.98. The minimum absolute atomic E-state index is 0.346. The van der Waals surface area contributed by atoms with Crippen molar-refractivity contribution in [3.8, 4) is 11.5 Å². The molecule has 0 aliphatic heterocycles. The van der Waals surface area contributed by atoms with Crippen LogP contribution in [0, 0.1) is 11.5 Å². The summed E-state index contributed by atoms with van der Waals surface area (Å²) in [6.45, 7) is 12.2. The molecular formula is C25H31N3O2Si. The van der Waals surface area contributed by atoms with Crippen molar-refractivity contribution in [1.29, 1.82) is 0 Å². The Morgan fingerprint density at radius 1 is 1.16 bits per heavy atom. The Morgan fingerprint density at radius 3 is 2.52 bits per heavy atom. The molecule has 6 heteroatoms. The first-order valence-electron chi connectivity index (χ1n) is 10.5. The van der Waals surface area contributed by atoms with Crippen molar-refractivity contribution in [3.63, 3.8) is 0 Å². The first kappa shape index (κ1) is 22.6. The second kappa shape index (κ2) is 8.99. The Labute approximate surface area is 185 Å². The number of benzene rings is 2. The normalized spacial score (nSPS) is 12.7. The number of carbonyl (C=O) groups is 1. The molecule has 31 heavy (non-hydrogen) atoms. The van der Waals surface area contributed by atoms with E-state index in [4.69, 9.17) is 9.72 Å². The van der Waals surface area contributed by atoms with Gasteiger partial charge in [0.25, 0.3) is 0 Å². The van der Waals surface area contributed by atoms with Gasteiger partial charge in [0, 0.05) is 12.0 Å². The molecule has 3 rings (SSSR count). The lowest BCUT2D eigenvalue weighted by Gasteiger charge is -2.23. The Hall–Kier alpha value is -3.04. The van der Waals surface area contributed by atoms with Gasteiger partial charge in [0.2, 0.25) is 0 Å². The van der Waals surface area contributed by atoms with Gasteiger partial charge in [-0.15, -0.1) is 5.54 Å². The fraction of sp³-hybridized carbons (Fsp3) is 0.360. The van der Waals surface area contributed by atoms with Gasteiger partial charge in [-0.25, -0.2) is 9.78 Å². The standard InChI is InChI=1S/C25H31N3O2Si/c1-25(2,3)30-24(29)28-22(17-18-10-8-7-9-11-18)23-26-20-13-12-19(16-21(20)27-23)14-15-31(4,5)6/h7-13,16,22H,17H2,1-6H3,(H,26,27)(H,28,29). The second-order valence-corrected chi connectivity index (χ2v) is 14.5. The minimum Gasteiger partial charge on any atom is -0.444 e. The van der Waals surface area contributed by atoms with E-state index >= 15 is 0 Å². The third kappa shape index (κ3) is 7.01. The van der Waals surface area contributed by atoms with E-state index in [0.29, 0.717) is 12.2 Å². The van der Waals surface area contributed by atoms with Crippen LogP contribution in [-0.4, -0.2) is 29.7 Å². The number of aromatic amines is 1. The molecule has 1 heterocycles. The van der Waals surface area contributed by atoms with Gasteiger partial charge in [-0.1, -0.05) is 55.9 Å². The smallest absolute Gasteiger partial charge is 0.408 e. The molecule has 5 nitrogen and oxygen atoms in total. The number of hydrogen-bond donors (Lipinski definition) is 2. The average molecular weight is 434 g/mol. The fourth-order valence-electron chi connectivity index (χ4n) is 3.05. The molecule has 1 aromatic heterocycles. The van der Waals surface area contributed by atoms with Crippen LogP contribution < -0.4 is 5.32 Å². The molecule has 1 unspecified atom stereocenters. The summed E-state index contributed by atoms with van der Waals surface area (Å²) in [6.07, 6.45) is 0.137. The molecule has 1 atom stereocenters. The van der Waals surface area contributed by atoms with E-state index in [-0.39, 0.29) is 6.04 Å². The van der Waals surface area contributed by atoms with Crippen molar-refractivity contribution in [2.24, 2.45) is 0 Å². The molecule has 0 fully saturated rings. The van der Waals surface area contributed by atoms with E-state index in [1.807, 2.05) is 69.3 Å². The lowest BCUT2D eigenvalue weighted by molar-refractivity contribution is 0.0501. The van der Waals surface area contributed by atoms with Crippen LogP contribution >= 0.6 is 0 Å². The molecule has 162 valence electrons. The zero-order chi connectivity index (χ0) is 22.6. The largest absolute Gasteiger partial charge is 0.444 e. The van der Waals surface area contributed by atoms with E-state index in [2.05, 4.69) is 41.4 Å². The molecule has 1 amide bonds. The molecule has 0 radical (unpaired) electrons. The monoisotopic (exact) mass is 433 g/mol. The van der Waals surface area contributed by atoms with E-state index in [1.165, 1.54) is 0 Å². The predicted molar refractivity (Wildman–Crippen MR) is 129 cm³/mol. The number of carbonyl (C=O) groups excluding carboxylic acids is 1. The zero-order valence-corrected chi connectivity index (χ0v) is 20.2. The maximum absolute atomic E-state index is 12.5. The molecule has 0 saturated heterocycles. The molecule has 0 aliphatic rings. The minimum atomic E-state index is -1.45. The maximum atomic E-state index is 12.5. The SMILES string of the molecule is CC(C)(C)OC(=O)NC(Cc1ccccc1)c1nc2ccc(C#C[Si](C)(C)C)cc2[nH]1. The van der Waals surface area contributed by atoms with Crippen molar-refractivity contribution in [3.05, 3.63) is 65.5 Å². The van der Waals surface area contributed by atoms with Gasteiger partial charge in [-0.2, -0.15) is 0 Å². The van der Waals surface area contributed by atoms with Crippen LogP contribution in [0.25, 0.3) is 11.0 Å². The zero-order valence-electron chi connectivity index (χ0n) is 19.2. The van der Waals surface area contributed by atoms with E-state index in [1.54, 1.807) is 0 Å². The first-order chi connectivity index (χ1) is 14.5. The summed E-state index contributed by atoms with van der Waals surface area (Å²) in [5, 5.41) is 2.98. The highest BCUT2D eigenvalue weighted by atomic mass is 28.3. The van der Waals surface area contributed by atoms with Crippen LogP contribution in [0.3, 0.4) is 0 Å². The Kier molecular flexibility index (Phi) is 6.56. The molecular weight excluding hydrogens is 402 g/mol. The summed E-state index contributed by atoms with van der Waals surface area (Å²) >= 11 is 0. The molecule has 0 spiro atoms. The Bertz CT molecular complexity index is 1110. The number of rotatable bonds is 4. The molecule has 0 saturated carbocycles. The molecule has 2 N–H and O–H groups in total. The number of alkyl carbamates (subject to hydrolysis) is 1. The number of H-pyrrole nitrogens is 1. The average Bonchev–Trinajstić information content (AvgIpc) is 3.08. The third-order valence-electron chi connectivity index (χ3n) is 4.39. The van der Waals surface area contributed by atoms with Crippen molar-refractivity contribution < 1.29 is 9.53 Å². The summed E-state index contributed by atoms with van der Waals surface area (Å²) in [7, 11) is -1.45. The fourth-order valence-corrected chi connectivity index (χ4v) is 3.57. The number of aromatic nitrogens is 2. The summed E-state index contributed by atoms with van der Waals surface area (Å²) < 4.78 is 5.48. The van der Waals surface area contributed by atoms with Gasteiger partial charge in [0.05, 0.1) is 17.1 Å². The first-order valence-corrected chi connectivity index (χ1v) is 14.0. The summed E-state index contributed by atoms with van der Waals surface area (Å²) in [6, 6.07) is 15.7. The highest BCUT2D eigenvalue weighted by Crippen LogP contribution is 2.21. The highest BCUT2D eigenvalue weighted by molar-refractivity contribution is 6.83. The van der Waals surface area contributed by atoms with E-state index in [9.17, 15) is 4.79 Å². The van der Waals surface area contributed by atoms with Crippen molar-refractivity contribution in [1.82, 2.24) is 15.3 Å². The quantitative estimate of drug-likeness (QED) is 0.416. The topological polar surface area (TPSA) is 67.0 Å². The lowest BCUT2D eigenvalue weighted by atomic mass is 10.1. The molecule has 2 aromatic carbocycles. The van der Waals surface area contributed by atoms with Crippen LogP contribution in [0.4, 0.5) is 4.79 Å². The van der Waals surface area contributed by atoms with Gasteiger partial charge in [-0.05, 0) is 44.5 Å². The predicted octanol–water partition coefficient (Wildman–Crippen LogP) is 5.60. The summed E-state index contributed by atoms with van der Waals surface area (Å²) in [5.41, 5.74) is 6.64. The van der Waals surface area contributed by atoms with Crippen LogP contribution in [0.15, 0.2) is 48.5 Å². The number of nitrogens with zero attached hydrogens (tertiary/aromatic N) is 1. The van der Waals surface area contributed by atoms with E-state index in [0.717, 1.165) is 22.2 Å². The lowest BCUT2D eigenvalue weighted by Crippen LogP contribution is -2.36. The second-order valence-electron chi connectivity index (χ2n) is 9.74. The Balaban J connectivity index is 1.91. The van der Waals surface area contributed by atoms with Crippen LogP contribution in [0.5, 0.6) is 0 Å². The number of imidazole rings is 1. The molecule has 0 aliphatic carbocycles. The third-order valence-corrected chi connectivity index (χ3v) is 5.26. The number of fused-ring (bicyclic) bond motifs is 1. The van der Waals surface area contributed by atoms with Gasteiger partial charge >= 0.3 is 6.09 Å². The maximum Gasteiger partial charge on any atom is 0.408 e.